The molecule has 2 aliphatic heterocycles. The zero-order valence-corrected chi connectivity index (χ0v) is 22.0. The quantitative estimate of drug-likeness (QED) is 0.265. The molecule has 4 nitrogen and oxygen atoms in total. The Kier molecular flexibility index (Phi) is 6.11. The Labute approximate surface area is 234 Å². The van der Waals surface area contributed by atoms with E-state index < -0.39 is 0 Å². The van der Waals surface area contributed by atoms with Crippen molar-refractivity contribution >= 4 is 22.8 Å². The SMILES string of the molecule is C1=CN(c2cccn2-c2ccccc2)C=CC1=c1ccc(=C2C=CN(c3cccn3-c3ccccc3)C=C2)cc1. The van der Waals surface area contributed by atoms with Crippen LogP contribution in [-0.2, 0) is 0 Å². The van der Waals surface area contributed by atoms with Crippen LogP contribution in [0.1, 0.15) is 0 Å². The van der Waals surface area contributed by atoms with Gasteiger partial charge < -0.3 is 18.9 Å². The molecule has 0 spiro atoms. The molecule has 2 aliphatic rings. The predicted molar refractivity (Wildman–Crippen MR) is 166 cm³/mol. The maximum Gasteiger partial charge on any atom is 0.121 e. The van der Waals surface area contributed by atoms with E-state index in [1.165, 1.54) is 21.6 Å². The third-order valence-electron chi connectivity index (χ3n) is 7.26. The Morgan fingerprint density at radius 3 is 1.10 bits per heavy atom. The Hall–Kier alpha value is -5.48. The number of hydrogen-bond acceptors (Lipinski definition) is 2. The van der Waals surface area contributed by atoms with Gasteiger partial charge in [0.2, 0.25) is 0 Å². The van der Waals surface area contributed by atoms with Gasteiger partial charge in [-0.2, -0.15) is 0 Å². The van der Waals surface area contributed by atoms with Crippen molar-refractivity contribution in [1.82, 2.24) is 9.13 Å². The van der Waals surface area contributed by atoms with Gasteiger partial charge in [0.05, 0.1) is 0 Å². The zero-order chi connectivity index (χ0) is 26.7. The van der Waals surface area contributed by atoms with Crippen molar-refractivity contribution in [3.05, 3.63) is 181 Å². The first kappa shape index (κ1) is 23.6. The fourth-order valence-corrected chi connectivity index (χ4v) is 5.18. The summed E-state index contributed by atoms with van der Waals surface area (Å²) in [5.74, 6) is 2.20. The number of para-hydroxylation sites is 2. The first-order valence-corrected chi connectivity index (χ1v) is 13.4. The number of nitrogens with zero attached hydrogens (tertiary/aromatic N) is 4. The van der Waals surface area contributed by atoms with Crippen molar-refractivity contribution in [2.24, 2.45) is 0 Å². The summed E-state index contributed by atoms with van der Waals surface area (Å²) in [6, 6.07) is 38.0. The van der Waals surface area contributed by atoms with Gasteiger partial charge in [-0.05, 0) is 94.4 Å². The van der Waals surface area contributed by atoms with E-state index in [1.807, 2.05) is 12.1 Å². The molecule has 0 unspecified atom stereocenters. The van der Waals surface area contributed by atoms with E-state index in [-0.39, 0.29) is 0 Å². The van der Waals surface area contributed by atoms with E-state index >= 15 is 0 Å². The normalized spacial score (nSPS) is 14.4. The van der Waals surface area contributed by atoms with Gasteiger partial charge in [-0.1, -0.05) is 60.7 Å². The van der Waals surface area contributed by atoms with Crippen molar-refractivity contribution < 1.29 is 0 Å². The molecular weight excluding hydrogens is 488 g/mol. The lowest BCUT2D eigenvalue weighted by Gasteiger charge is -2.21. The molecule has 0 aliphatic carbocycles. The predicted octanol–water partition coefficient (Wildman–Crippen LogP) is 6.66. The zero-order valence-electron chi connectivity index (χ0n) is 22.0. The van der Waals surface area contributed by atoms with Crippen LogP contribution in [0.5, 0.6) is 0 Å². The van der Waals surface area contributed by atoms with Gasteiger partial charge in [-0.3, -0.25) is 0 Å². The van der Waals surface area contributed by atoms with Crippen LogP contribution in [0.2, 0.25) is 0 Å². The van der Waals surface area contributed by atoms with Crippen molar-refractivity contribution in [2.75, 3.05) is 9.80 Å². The molecule has 192 valence electrons. The minimum atomic E-state index is 1.10. The third-order valence-corrected chi connectivity index (χ3v) is 7.26. The van der Waals surface area contributed by atoms with Crippen LogP contribution in [-0.4, -0.2) is 9.13 Å². The van der Waals surface area contributed by atoms with E-state index in [0.717, 1.165) is 23.0 Å². The van der Waals surface area contributed by atoms with E-state index in [0.29, 0.717) is 0 Å². The lowest BCUT2D eigenvalue weighted by molar-refractivity contribution is 1.03. The first-order chi connectivity index (χ1) is 19.8. The number of aromatic nitrogens is 2. The number of rotatable bonds is 4. The Bertz CT molecular complexity index is 1700. The Morgan fingerprint density at radius 1 is 0.350 bits per heavy atom. The molecule has 40 heavy (non-hydrogen) atoms. The second kappa shape index (κ2) is 10.4. The average Bonchev–Trinajstić information content (AvgIpc) is 3.73. The molecule has 4 heteroatoms. The van der Waals surface area contributed by atoms with Crippen LogP contribution in [0, 0.1) is 0 Å². The maximum atomic E-state index is 2.20. The molecule has 7 rings (SSSR count). The molecule has 3 aromatic carbocycles. The van der Waals surface area contributed by atoms with E-state index in [4.69, 9.17) is 0 Å². The minimum Gasteiger partial charge on any atom is -0.310 e. The summed E-state index contributed by atoms with van der Waals surface area (Å²) >= 11 is 0. The smallest absolute Gasteiger partial charge is 0.121 e. The molecule has 0 atom stereocenters. The Balaban J connectivity index is 1.11. The summed E-state index contributed by atoms with van der Waals surface area (Å²) in [6.45, 7) is 0. The van der Waals surface area contributed by atoms with Gasteiger partial charge in [0.1, 0.15) is 11.6 Å². The molecule has 5 aromatic rings. The summed E-state index contributed by atoms with van der Waals surface area (Å²) in [5, 5.41) is 2.39. The van der Waals surface area contributed by atoms with Crippen LogP contribution in [0.4, 0.5) is 11.6 Å². The number of allylic oxidation sites excluding steroid dienone is 4. The summed E-state index contributed by atoms with van der Waals surface area (Å²) in [6.07, 6.45) is 21.4. The highest BCUT2D eigenvalue weighted by molar-refractivity contribution is 5.74. The molecule has 0 fully saturated rings. The van der Waals surface area contributed by atoms with Crippen LogP contribution >= 0.6 is 0 Å². The summed E-state index contributed by atoms with van der Waals surface area (Å²) in [4.78, 5) is 4.30. The topological polar surface area (TPSA) is 16.3 Å². The van der Waals surface area contributed by atoms with Crippen molar-refractivity contribution in [3.63, 3.8) is 0 Å². The van der Waals surface area contributed by atoms with Crippen LogP contribution < -0.4 is 20.2 Å². The van der Waals surface area contributed by atoms with Crippen LogP contribution in [0.15, 0.2) is 171 Å². The van der Waals surface area contributed by atoms with Gasteiger partial charge in [-0.25, -0.2) is 0 Å². The summed E-state index contributed by atoms with van der Waals surface area (Å²) < 4.78 is 4.38. The Morgan fingerprint density at radius 2 is 0.725 bits per heavy atom. The van der Waals surface area contributed by atoms with Gasteiger partial charge in [0.25, 0.3) is 0 Å². The summed E-state index contributed by atoms with van der Waals surface area (Å²) in [7, 11) is 0. The second-order valence-electron chi connectivity index (χ2n) is 9.71. The summed E-state index contributed by atoms with van der Waals surface area (Å²) in [5.41, 5.74) is 4.67. The number of hydrogen-bond donors (Lipinski definition) is 0. The highest BCUT2D eigenvalue weighted by atomic mass is 15.2. The monoisotopic (exact) mass is 516 g/mol. The molecule has 0 saturated carbocycles. The van der Waals surface area contributed by atoms with Gasteiger partial charge in [-0.15, -0.1) is 0 Å². The van der Waals surface area contributed by atoms with Gasteiger partial charge in [0.15, 0.2) is 0 Å². The van der Waals surface area contributed by atoms with Gasteiger partial charge >= 0.3 is 0 Å². The van der Waals surface area contributed by atoms with Gasteiger partial charge in [0, 0.05) is 48.6 Å². The van der Waals surface area contributed by atoms with Crippen LogP contribution in [0.3, 0.4) is 0 Å². The molecule has 0 saturated heterocycles. The molecular formula is C36H28N4. The number of benzene rings is 3. The van der Waals surface area contributed by atoms with E-state index in [2.05, 4.69) is 177 Å². The molecule has 4 heterocycles. The van der Waals surface area contributed by atoms with Crippen LogP contribution in [0.25, 0.3) is 22.5 Å². The molecule has 0 radical (unpaired) electrons. The second-order valence-corrected chi connectivity index (χ2v) is 9.71. The highest BCUT2D eigenvalue weighted by Crippen LogP contribution is 2.25. The number of anilines is 2. The lowest BCUT2D eigenvalue weighted by atomic mass is 10.1. The van der Waals surface area contributed by atoms with Crippen molar-refractivity contribution in [3.8, 4) is 11.4 Å². The first-order valence-electron chi connectivity index (χ1n) is 13.4. The molecule has 0 N–H and O–H groups in total. The fraction of sp³-hybridized carbons (Fsp3) is 0. The van der Waals surface area contributed by atoms with E-state index in [9.17, 15) is 0 Å². The molecule has 2 aromatic heterocycles. The minimum absolute atomic E-state index is 1.10. The standard InChI is InChI=1S/C36H28N4/c1-3-9-33(10-4-1)39-23-7-13-35(39)37-25-19-31(20-26-37)29-15-17-30(18-16-29)32-21-27-38(28-22-32)36-14-8-24-40(36)34-11-5-2-6-12-34/h1-28H. The largest absolute Gasteiger partial charge is 0.310 e. The van der Waals surface area contributed by atoms with Crippen molar-refractivity contribution in [1.29, 1.82) is 0 Å². The average molecular weight is 517 g/mol. The van der Waals surface area contributed by atoms with E-state index in [1.54, 1.807) is 0 Å². The third kappa shape index (κ3) is 4.52. The maximum absolute atomic E-state index is 2.20. The van der Waals surface area contributed by atoms with Crippen molar-refractivity contribution in [2.45, 2.75) is 0 Å². The highest BCUT2D eigenvalue weighted by Gasteiger charge is 2.11. The molecule has 0 amide bonds. The fourth-order valence-electron chi connectivity index (χ4n) is 5.18. The molecule has 0 bridgehead atoms. The lowest BCUT2D eigenvalue weighted by Crippen LogP contribution is -2.17.